The number of fused-ring (bicyclic) bond motifs is 3. The van der Waals surface area contributed by atoms with Crippen molar-refractivity contribution in [3.63, 3.8) is 0 Å². The van der Waals surface area contributed by atoms with E-state index in [9.17, 15) is 0 Å². The first-order valence-corrected chi connectivity index (χ1v) is 6.96. The Morgan fingerprint density at radius 3 is 2.89 bits per heavy atom. The van der Waals surface area contributed by atoms with Crippen molar-refractivity contribution in [2.45, 2.75) is 38.6 Å². The fourth-order valence-electron chi connectivity index (χ4n) is 4.10. The van der Waals surface area contributed by atoms with E-state index in [1.807, 2.05) is 0 Å². The molecule has 2 aromatic rings. The highest BCUT2D eigenvalue weighted by Crippen LogP contribution is 2.51. The largest absolute Gasteiger partial charge is 0.369 e. The van der Waals surface area contributed by atoms with Crippen LogP contribution in [0.5, 0.6) is 0 Å². The Labute approximate surface area is 107 Å². The van der Waals surface area contributed by atoms with Crippen LogP contribution in [-0.4, -0.2) is 9.55 Å². The number of rotatable bonds is 1. The van der Waals surface area contributed by atoms with E-state index >= 15 is 0 Å². The van der Waals surface area contributed by atoms with Crippen molar-refractivity contribution in [2.24, 2.45) is 11.8 Å². The molecule has 1 heterocycles. The first-order valence-electron chi connectivity index (χ1n) is 6.96. The fourth-order valence-corrected chi connectivity index (χ4v) is 4.10. The molecule has 0 spiro atoms. The number of aryl methyl sites for hydroxylation is 1. The van der Waals surface area contributed by atoms with E-state index in [2.05, 4.69) is 34.7 Å². The Kier molecular flexibility index (Phi) is 2.02. The molecule has 3 atom stereocenters. The molecular formula is C15H19N3. The van der Waals surface area contributed by atoms with Crippen LogP contribution in [0.3, 0.4) is 0 Å². The lowest BCUT2D eigenvalue weighted by Gasteiger charge is -2.24. The summed E-state index contributed by atoms with van der Waals surface area (Å²) < 4.78 is 2.30. The first-order chi connectivity index (χ1) is 8.72. The Morgan fingerprint density at radius 2 is 2.17 bits per heavy atom. The van der Waals surface area contributed by atoms with Crippen LogP contribution in [0.4, 0.5) is 5.95 Å². The second kappa shape index (κ2) is 3.50. The van der Waals surface area contributed by atoms with E-state index in [0.29, 0.717) is 12.0 Å². The van der Waals surface area contributed by atoms with Gasteiger partial charge in [-0.15, -0.1) is 0 Å². The monoisotopic (exact) mass is 241 g/mol. The average molecular weight is 241 g/mol. The predicted molar refractivity (Wildman–Crippen MR) is 73.4 cm³/mol. The third kappa shape index (κ3) is 1.33. The van der Waals surface area contributed by atoms with Gasteiger partial charge in [-0.05, 0) is 55.7 Å². The van der Waals surface area contributed by atoms with Crippen LogP contribution in [0.1, 0.15) is 37.3 Å². The highest BCUT2D eigenvalue weighted by Gasteiger charge is 2.41. The molecule has 2 fully saturated rings. The lowest BCUT2D eigenvalue weighted by Crippen LogP contribution is -2.17. The van der Waals surface area contributed by atoms with Crippen molar-refractivity contribution in [2.75, 3.05) is 5.73 Å². The molecule has 0 aliphatic heterocycles. The van der Waals surface area contributed by atoms with Crippen LogP contribution in [-0.2, 0) is 0 Å². The van der Waals surface area contributed by atoms with Crippen LogP contribution in [0.15, 0.2) is 18.2 Å². The van der Waals surface area contributed by atoms with Gasteiger partial charge in [0.2, 0.25) is 5.95 Å². The molecule has 2 bridgehead atoms. The summed E-state index contributed by atoms with van der Waals surface area (Å²) in [4.78, 5) is 4.54. The third-order valence-corrected chi connectivity index (χ3v) is 4.90. The molecular weight excluding hydrogens is 222 g/mol. The molecule has 4 rings (SSSR count). The third-order valence-electron chi connectivity index (χ3n) is 4.90. The first kappa shape index (κ1) is 10.4. The number of benzene rings is 1. The Morgan fingerprint density at radius 1 is 1.28 bits per heavy atom. The number of nitrogens with two attached hydrogens (primary N) is 1. The van der Waals surface area contributed by atoms with Crippen LogP contribution >= 0.6 is 0 Å². The molecule has 2 aliphatic rings. The second-order valence-electron chi connectivity index (χ2n) is 6.07. The topological polar surface area (TPSA) is 43.8 Å². The van der Waals surface area contributed by atoms with Gasteiger partial charge in [0.15, 0.2) is 0 Å². The number of aromatic nitrogens is 2. The van der Waals surface area contributed by atoms with E-state index in [1.54, 1.807) is 0 Å². The van der Waals surface area contributed by atoms with Gasteiger partial charge >= 0.3 is 0 Å². The molecule has 2 aliphatic carbocycles. The van der Waals surface area contributed by atoms with E-state index in [-0.39, 0.29) is 0 Å². The van der Waals surface area contributed by atoms with E-state index in [0.717, 1.165) is 17.4 Å². The van der Waals surface area contributed by atoms with Crippen molar-refractivity contribution in [1.82, 2.24) is 9.55 Å². The summed E-state index contributed by atoms with van der Waals surface area (Å²) in [5.74, 6) is 2.46. The zero-order chi connectivity index (χ0) is 12.3. The number of anilines is 1. The smallest absolute Gasteiger partial charge is 0.201 e. The van der Waals surface area contributed by atoms with Gasteiger partial charge in [-0.2, -0.15) is 0 Å². The van der Waals surface area contributed by atoms with Crippen molar-refractivity contribution < 1.29 is 0 Å². The highest BCUT2D eigenvalue weighted by atomic mass is 15.2. The Balaban J connectivity index is 1.87. The molecule has 3 unspecified atom stereocenters. The summed E-state index contributed by atoms with van der Waals surface area (Å²) in [5, 5.41) is 0. The second-order valence-corrected chi connectivity index (χ2v) is 6.07. The zero-order valence-electron chi connectivity index (χ0n) is 10.8. The summed E-state index contributed by atoms with van der Waals surface area (Å²) in [6.45, 7) is 2.10. The molecule has 2 N–H and O–H groups in total. The minimum atomic E-state index is 0.594. The van der Waals surface area contributed by atoms with Crippen molar-refractivity contribution in [1.29, 1.82) is 0 Å². The summed E-state index contributed by atoms with van der Waals surface area (Å²) in [5.41, 5.74) is 9.69. The quantitative estimate of drug-likeness (QED) is 0.832. The highest BCUT2D eigenvalue weighted by molar-refractivity contribution is 5.79. The standard InChI is InChI=1S/C15H19N3/c1-9-2-5-13-12(6-9)17-15(16)18(13)14-8-10-3-4-11(14)7-10/h2,5-6,10-11,14H,3-4,7-8H2,1H3,(H2,16,17). The van der Waals surface area contributed by atoms with Crippen molar-refractivity contribution >= 4 is 17.0 Å². The average Bonchev–Trinajstić information content (AvgIpc) is 3.00. The summed E-state index contributed by atoms with van der Waals surface area (Å²) in [6.07, 6.45) is 5.50. The molecule has 0 saturated heterocycles. The maximum Gasteiger partial charge on any atom is 0.201 e. The van der Waals surface area contributed by atoms with Gasteiger partial charge in [0.25, 0.3) is 0 Å². The van der Waals surface area contributed by atoms with Gasteiger partial charge in [0, 0.05) is 6.04 Å². The molecule has 3 heteroatoms. The minimum Gasteiger partial charge on any atom is -0.369 e. The van der Waals surface area contributed by atoms with Gasteiger partial charge in [-0.3, -0.25) is 0 Å². The van der Waals surface area contributed by atoms with E-state index < -0.39 is 0 Å². The molecule has 0 amide bonds. The lowest BCUT2D eigenvalue weighted by atomic mass is 9.95. The maximum absolute atomic E-state index is 6.17. The SMILES string of the molecule is Cc1ccc2c(c1)nc(N)n2C1CC2CCC1C2. The van der Waals surface area contributed by atoms with Gasteiger partial charge < -0.3 is 10.3 Å². The Hall–Kier alpha value is -1.51. The normalized spacial score (nSPS) is 30.4. The number of hydrogen-bond donors (Lipinski definition) is 1. The predicted octanol–water partition coefficient (Wildman–Crippen LogP) is 3.29. The molecule has 1 aromatic carbocycles. The van der Waals surface area contributed by atoms with Gasteiger partial charge in [-0.1, -0.05) is 12.5 Å². The van der Waals surface area contributed by atoms with Crippen LogP contribution in [0.25, 0.3) is 11.0 Å². The molecule has 94 valence electrons. The Bertz CT molecular complexity index is 613. The van der Waals surface area contributed by atoms with E-state index in [4.69, 9.17) is 5.73 Å². The maximum atomic E-state index is 6.17. The van der Waals surface area contributed by atoms with Crippen molar-refractivity contribution in [3.05, 3.63) is 23.8 Å². The van der Waals surface area contributed by atoms with Crippen LogP contribution in [0.2, 0.25) is 0 Å². The molecule has 1 aromatic heterocycles. The van der Waals surface area contributed by atoms with Gasteiger partial charge in [-0.25, -0.2) is 4.98 Å². The summed E-state index contributed by atoms with van der Waals surface area (Å²) in [6, 6.07) is 7.07. The molecule has 2 saturated carbocycles. The van der Waals surface area contributed by atoms with Crippen LogP contribution in [0, 0.1) is 18.8 Å². The van der Waals surface area contributed by atoms with Gasteiger partial charge in [0.1, 0.15) is 0 Å². The number of nitrogens with zero attached hydrogens (tertiary/aromatic N) is 2. The number of imidazole rings is 1. The molecule has 3 nitrogen and oxygen atoms in total. The van der Waals surface area contributed by atoms with Crippen LogP contribution < -0.4 is 5.73 Å². The summed E-state index contributed by atoms with van der Waals surface area (Å²) in [7, 11) is 0. The lowest BCUT2D eigenvalue weighted by molar-refractivity contribution is 0.339. The van der Waals surface area contributed by atoms with Gasteiger partial charge in [0.05, 0.1) is 11.0 Å². The minimum absolute atomic E-state index is 0.594. The molecule has 0 radical (unpaired) electrons. The number of nitrogen functional groups attached to an aromatic ring is 1. The summed E-state index contributed by atoms with van der Waals surface area (Å²) >= 11 is 0. The molecule has 18 heavy (non-hydrogen) atoms. The van der Waals surface area contributed by atoms with Crippen molar-refractivity contribution in [3.8, 4) is 0 Å². The van der Waals surface area contributed by atoms with E-state index in [1.165, 1.54) is 36.8 Å². The fraction of sp³-hybridized carbons (Fsp3) is 0.533. The number of hydrogen-bond acceptors (Lipinski definition) is 2. The zero-order valence-corrected chi connectivity index (χ0v) is 10.8.